The zero-order valence-corrected chi connectivity index (χ0v) is 43.5. The Hall–Kier alpha value is -1.92. The highest BCUT2D eigenvalue weighted by Crippen LogP contribution is 2.16. The van der Waals surface area contributed by atoms with Crippen molar-refractivity contribution in [3.8, 4) is 0 Å². The van der Waals surface area contributed by atoms with Gasteiger partial charge in [0.05, 0.1) is 25.4 Å². The summed E-state index contributed by atoms with van der Waals surface area (Å²) in [5.74, 6) is -0.124. The molecule has 3 N–H and O–H groups in total. The van der Waals surface area contributed by atoms with Gasteiger partial charge in [-0.1, -0.05) is 237 Å². The van der Waals surface area contributed by atoms with Crippen LogP contribution in [0.2, 0.25) is 0 Å². The van der Waals surface area contributed by atoms with Gasteiger partial charge in [0.25, 0.3) is 0 Å². The van der Waals surface area contributed by atoms with E-state index in [0.29, 0.717) is 19.4 Å². The zero-order valence-electron chi connectivity index (χ0n) is 43.5. The molecule has 0 heterocycles. The number of hydrogen-bond donors (Lipinski definition) is 3. The van der Waals surface area contributed by atoms with E-state index in [1.54, 1.807) is 6.08 Å². The van der Waals surface area contributed by atoms with Gasteiger partial charge in [-0.2, -0.15) is 0 Å². The first-order valence-electron chi connectivity index (χ1n) is 28.8. The minimum Gasteiger partial charge on any atom is -0.466 e. The van der Waals surface area contributed by atoms with Crippen molar-refractivity contribution in [1.82, 2.24) is 5.32 Å². The van der Waals surface area contributed by atoms with Crippen LogP contribution in [0, 0.1) is 0 Å². The molecule has 0 fully saturated rings. The number of carbonyl (C=O) groups excluding carboxylic acids is 2. The SMILES string of the molecule is CCCCCCCCC/C=C\CCCCCCCC(=O)OCCCCC/C=C\CCCCCCCC(=O)NC(CO)C(O)/C=C/CCCCCCCCCCCCCCCCCCCC. The molecule has 0 aliphatic carbocycles. The molecule has 0 radical (unpaired) electrons. The van der Waals surface area contributed by atoms with E-state index in [0.717, 1.165) is 83.5 Å². The number of unbranched alkanes of at least 4 members (excludes halogenated alkanes) is 38. The fourth-order valence-electron chi connectivity index (χ4n) is 8.68. The van der Waals surface area contributed by atoms with Crippen molar-refractivity contribution in [3.63, 3.8) is 0 Å². The molecule has 382 valence electrons. The Labute approximate surface area is 404 Å². The Kier molecular flexibility index (Phi) is 53.1. The van der Waals surface area contributed by atoms with E-state index < -0.39 is 12.1 Å². The highest BCUT2D eigenvalue weighted by Gasteiger charge is 2.18. The summed E-state index contributed by atoms with van der Waals surface area (Å²) in [4.78, 5) is 24.5. The number of carbonyl (C=O) groups is 2. The molecule has 65 heavy (non-hydrogen) atoms. The van der Waals surface area contributed by atoms with Gasteiger partial charge in [0.2, 0.25) is 5.91 Å². The standard InChI is InChI=1S/C59H111NO5/c1-3-5-7-9-11-13-15-17-19-21-22-23-24-25-27-31-35-39-43-47-51-57(62)56(55-61)60-58(63)52-48-44-40-36-32-29-30-34-38-42-46-50-54-65-59(64)53-49-45-41-37-33-28-26-20-18-16-14-12-10-8-6-4-2/h20,26,30,34,47,51,56-57,61-62H,3-19,21-25,27-29,31-33,35-46,48-50,52-55H2,1-2H3,(H,60,63)/b26-20-,34-30-,51-47+. The summed E-state index contributed by atoms with van der Waals surface area (Å²) in [6.07, 6.45) is 67.3. The van der Waals surface area contributed by atoms with Crippen LogP contribution < -0.4 is 5.32 Å². The second-order valence-corrected chi connectivity index (χ2v) is 19.6. The fraction of sp³-hybridized carbons (Fsp3) is 0.864. The van der Waals surface area contributed by atoms with Crippen LogP contribution in [0.4, 0.5) is 0 Å². The molecule has 6 nitrogen and oxygen atoms in total. The van der Waals surface area contributed by atoms with Gasteiger partial charge in [0.15, 0.2) is 0 Å². The normalized spacial score (nSPS) is 12.9. The largest absolute Gasteiger partial charge is 0.466 e. The van der Waals surface area contributed by atoms with Crippen molar-refractivity contribution < 1.29 is 24.5 Å². The second-order valence-electron chi connectivity index (χ2n) is 19.6. The number of esters is 1. The molecule has 2 unspecified atom stereocenters. The first kappa shape index (κ1) is 63.1. The van der Waals surface area contributed by atoms with Crippen molar-refractivity contribution >= 4 is 11.9 Å². The van der Waals surface area contributed by atoms with E-state index in [-0.39, 0.29) is 18.5 Å². The third-order valence-corrected chi connectivity index (χ3v) is 13.1. The van der Waals surface area contributed by atoms with Crippen LogP contribution in [0.5, 0.6) is 0 Å². The summed E-state index contributed by atoms with van der Waals surface area (Å²) >= 11 is 0. The maximum Gasteiger partial charge on any atom is 0.305 e. The van der Waals surface area contributed by atoms with Crippen LogP contribution in [0.25, 0.3) is 0 Å². The van der Waals surface area contributed by atoms with Crippen molar-refractivity contribution in [2.75, 3.05) is 13.2 Å². The molecule has 0 aliphatic rings. The highest BCUT2D eigenvalue weighted by molar-refractivity contribution is 5.76. The number of aliphatic hydroxyl groups is 2. The quantitative estimate of drug-likeness (QED) is 0.0321. The van der Waals surface area contributed by atoms with Crippen molar-refractivity contribution in [3.05, 3.63) is 36.5 Å². The summed E-state index contributed by atoms with van der Waals surface area (Å²) in [6.45, 7) is 4.85. The molecule has 0 aromatic carbocycles. The topological polar surface area (TPSA) is 95.9 Å². The summed E-state index contributed by atoms with van der Waals surface area (Å²) in [5, 5.41) is 23.1. The summed E-state index contributed by atoms with van der Waals surface area (Å²) in [7, 11) is 0. The highest BCUT2D eigenvalue weighted by atomic mass is 16.5. The van der Waals surface area contributed by atoms with Gasteiger partial charge in [-0.25, -0.2) is 0 Å². The molecular weight excluding hydrogens is 803 g/mol. The Morgan fingerprint density at radius 2 is 0.723 bits per heavy atom. The van der Waals surface area contributed by atoms with Gasteiger partial charge in [0, 0.05) is 12.8 Å². The number of ether oxygens (including phenoxy) is 1. The molecular formula is C59H111NO5. The predicted molar refractivity (Wildman–Crippen MR) is 283 cm³/mol. The number of rotatable bonds is 53. The third kappa shape index (κ3) is 51.3. The van der Waals surface area contributed by atoms with Crippen LogP contribution in [0.3, 0.4) is 0 Å². The van der Waals surface area contributed by atoms with Gasteiger partial charge in [0.1, 0.15) is 0 Å². The van der Waals surface area contributed by atoms with Gasteiger partial charge in [-0.15, -0.1) is 0 Å². The molecule has 6 heteroatoms. The monoisotopic (exact) mass is 914 g/mol. The lowest BCUT2D eigenvalue weighted by molar-refractivity contribution is -0.143. The Bertz CT molecular complexity index is 1060. The van der Waals surface area contributed by atoms with E-state index in [9.17, 15) is 19.8 Å². The summed E-state index contributed by atoms with van der Waals surface area (Å²) < 4.78 is 5.45. The maximum absolute atomic E-state index is 12.5. The predicted octanol–water partition coefficient (Wildman–Crippen LogP) is 17.6. The zero-order chi connectivity index (χ0) is 47.2. The lowest BCUT2D eigenvalue weighted by Crippen LogP contribution is -2.45. The summed E-state index contributed by atoms with van der Waals surface area (Å²) in [6, 6.07) is -0.648. The number of allylic oxidation sites excluding steroid dienone is 5. The van der Waals surface area contributed by atoms with Crippen LogP contribution in [-0.4, -0.2) is 47.4 Å². The smallest absolute Gasteiger partial charge is 0.305 e. The van der Waals surface area contributed by atoms with E-state index >= 15 is 0 Å². The molecule has 0 spiro atoms. The molecule has 0 saturated heterocycles. The third-order valence-electron chi connectivity index (χ3n) is 13.1. The average Bonchev–Trinajstić information content (AvgIpc) is 3.31. The van der Waals surface area contributed by atoms with Gasteiger partial charge >= 0.3 is 5.97 Å². The second kappa shape index (κ2) is 54.7. The van der Waals surface area contributed by atoms with Crippen LogP contribution in [0.1, 0.15) is 303 Å². The van der Waals surface area contributed by atoms with E-state index in [1.165, 1.54) is 193 Å². The lowest BCUT2D eigenvalue weighted by atomic mass is 10.0. The molecule has 0 aromatic heterocycles. The molecule has 2 atom stereocenters. The van der Waals surface area contributed by atoms with E-state index in [1.807, 2.05) is 6.08 Å². The fourth-order valence-corrected chi connectivity index (χ4v) is 8.68. The van der Waals surface area contributed by atoms with Crippen molar-refractivity contribution in [2.45, 2.75) is 315 Å². The molecule has 0 aromatic rings. The molecule has 0 aliphatic heterocycles. The first-order chi connectivity index (χ1) is 32.0. The Morgan fingerprint density at radius 3 is 1.09 bits per heavy atom. The average molecular weight is 915 g/mol. The number of amides is 1. The number of hydrogen-bond acceptors (Lipinski definition) is 5. The Morgan fingerprint density at radius 1 is 0.415 bits per heavy atom. The van der Waals surface area contributed by atoms with E-state index in [4.69, 9.17) is 4.74 Å². The van der Waals surface area contributed by atoms with Crippen LogP contribution in [0.15, 0.2) is 36.5 Å². The van der Waals surface area contributed by atoms with Crippen LogP contribution in [-0.2, 0) is 14.3 Å². The molecule has 0 rings (SSSR count). The minimum atomic E-state index is -0.862. The van der Waals surface area contributed by atoms with E-state index in [2.05, 4.69) is 43.5 Å². The van der Waals surface area contributed by atoms with Crippen LogP contribution >= 0.6 is 0 Å². The van der Waals surface area contributed by atoms with Gasteiger partial charge < -0.3 is 20.3 Å². The maximum atomic E-state index is 12.5. The van der Waals surface area contributed by atoms with Crippen molar-refractivity contribution in [1.29, 1.82) is 0 Å². The summed E-state index contributed by atoms with van der Waals surface area (Å²) in [5.41, 5.74) is 0. The van der Waals surface area contributed by atoms with Gasteiger partial charge in [-0.05, 0) is 89.9 Å². The first-order valence-corrected chi connectivity index (χ1v) is 28.8. The molecule has 1 amide bonds. The van der Waals surface area contributed by atoms with Gasteiger partial charge in [-0.3, -0.25) is 9.59 Å². The Balaban J connectivity index is 3.54. The lowest BCUT2D eigenvalue weighted by Gasteiger charge is -2.20. The number of aliphatic hydroxyl groups excluding tert-OH is 2. The molecule has 0 bridgehead atoms. The number of nitrogens with one attached hydrogen (secondary N) is 1. The van der Waals surface area contributed by atoms with Crippen molar-refractivity contribution in [2.24, 2.45) is 0 Å². The minimum absolute atomic E-state index is 0.0316. The molecule has 0 saturated carbocycles.